The summed E-state index contributed by atoms with van der Waals surface area (Å²) in [5.41, 5.74) is 1.01. The Kier molecular flexibility index (Phi) is 10.4. The number of rotatable bonds is 11. The summed E-state index contributed by atoms with van der Waals surface area (Å²) < 4.78 is 18.5. The summed E-state index contributed by atoms with van der Waals surface area (Å²) in [6.45, 7) is 0. The summed E-state index contributed by atoms with van der Waals surface area (Å²) in [5.74, 6) is -0.663. The van der Waals surface area contributed by atoms with Crippen LogP contribution in [0.25, 0.3) is 0 Å². The van der Waals surface area contributed by atoms with Crippen molar-refractivity contribution >= 4 is 52.2 Å². The molecule has 0 bridgehead atoms. The molecule has 1 aromatic heterocycles. The van der Waals surface area contributed by atoms with Gasteiger partial charge in [-0.1, -0.05) is 31.4 Å². The van der Waals surface area contributed by atoms with E-state index in [0.717, 1.165) is 42.3 Å². The van der Waals surface area contributed by atoms with Crippen molar-refractivity contribution in [2.24, 2.45) is 0 Å². The van der Waals surface area contributed by atoms with Crippen LogP contribution in [0.1, 0.15) is 43.0 Å². The summed E-state index contributed by atoms with van der Waals surface area (Å²) in [6.07, 6.45) is 5.17. The predicted molar refractivity (Wildman–Crippen MR) is 155 cm³/mol. The highest BCUT2D eigenvalue weighted by Gasteiger charge is 2.35. The number of methoxy groups -OCH3 is 1. The van der Waals surface area contributed by atoms with Gasteiger partial charge in [0.15, 0.2) is 0 Å². The second kappa shape index (κ2) is 14.1. The lowest BCUT2D eigenvalue weighted by Crippen LogP contribution is -2.47. The molecule has 1 saturated carbocycles. The zero-order valence-electron chi connectivity index (χ0n) is 21.7. The Morgan fingerprint density at radius 2 is 1.82 bits per heavy atom. The Hall–Kier alpha value is -3.37. The summed E-state index contributed by atoms with van der Waals surface area (Å²) in [5, 5.41) is 7.78. The first-order valence-electron chi connectivity index (χ1n) is 12.9. The number of hydrogen-bond donors (Lipinski definition) is 2. The molecule has 3 aromatic rings. The zero-order valence-corrected chi connectivity index (χ0v) is 23.4. The number of anilines is 2. The molecule has 4 rings (SSSR count). The SMILES string of the molecule is COc1cccc(N(C(=O)CSCC(=O)Nc2ccc(F)cc2)[C@@H](C(=O)NC2CCCCC2)c2cccs2)c1. The highest BCUT2D eigenvalue weighted by Crippen LogP contribution is 2.33. The number of hydrogen-bond acceptors (Lipinski definition) is 6. The summed E-state index contributed by atoms with van der Waals surface area (Å²) in [4.78, 5) is 42.2. The van der Waals surface area contributed by atoms with Crippen molar-refractivity contribution in [3.8, 4) is 5.75 Å². The third-order valence-corrected chi connectivity index (χ3v) is 8.30. The molecule has 2 N–H and O–H groups in total. The third kappa shape index (κ3) is 8.06. The monoisotopic (exact) mass is 569 g/mol. The van der Waals surface area contributed by atoms with E-state index in [2.05, 4.69) is 10.6 Å². The number of halogens is 1. The van der Waals surface area contributed by atoms with Crippen LogP contribution in [0.3, 0.4) is 0 Å². The maximum Gasteiger partial charge on any atom is 0.248 e. The Labute approximate surface area is 236 Å². The Bertz CT molecular complexity index is 1250. The lowest BCUT2D eigenvalue weighted by Gasteiger charge is -2.33. The Morgan fingerprint density at radius 1 is 1.05 bits per heavy atom. The molecular weight excluding hydrogens is 537 g/mol. The van der Waals surface area contributed by atoms with Crippen molar-refractivity contribution in [2.75, 3.05) is 28.8 Å². The van der Waals surface area contributed by atoms with E-state index in [1.54, 1.807) is 31.4 Å². The van der Waals surface area contributed by atoms with E-state index >= 15 is 0 Å². The van der Waals surface area contributed by atoms with E-state index in [-0.39, 0.29) is 35.3 Å². The second-order valence-electron chi connectivity index (χ2n) is 9.27. The van der Waals surface area contributed by atoms with Gasteiger partial charge < -0.3 is 15.4 Å². The minimum atomic E-state index is -0.861. The number of ether oxygens (including phenoxy) is 1. The Morgan fingerprint density at radius 3 is 2.51 bits per heavy atom. The molecule has 0 radical (unpaired) electrons. The van der Waals surface area contributed by atoms with Crippen LogP contribution in [0.15, 0.2) is 66.0 Å². The maximum atomic E-state index is 13.8. The van der Waals surface area contributed by atoms with Crippen LogP contribution in [-0.4, -0.2) is 42.4 Å². The zero-order chi connectivity index (χ0) is 27.6. The molecule has 206 valence electrons. The number of amides is 3. The molecule has 1 atom stereocenters. The van der Waals surface area contributed by atoms with Crippen LogP contribution in [-0.2, 0) is 14.4 Å². The number of benzene rings is 2. The molecule has 3 amide bonds. The average molecular weight is 570 g/mol. The minimum Gasteiger partial charge on any atom is -0.497 e. The normalized spacial score (nSPS) is 14.3. The molecule has 1 heterocycles. The number of carbonyl (C=O) groups excluding carboxylic acids is 3. The van der Waals surface area contributed by atoms with Gasteiger partial charge in [0.2, 0.25) is 17.7 Å². The molecule has 0 saturated heterocycles. The summed E-state index contributed by atoms with van der Waals surface area (Å²) in [7, 11) is 1.55. The smallest absolute Gasteiger partial charge is 0.248 e. The van der Waals surface area contributed by atoms with Crippen molar-refractivity contribution in [3.63, 3.8) is 0 Å². The van der Waals surface area contributed by atoms with Gasteiger partial charge in [-0.2, -0.15) is 0 Å². The first kappa shape index (κ1) is 28.6. The van der Waals surface area contributed by atoms with Gasteiger partial charge >= 0.3 is 0 Å². The number of thioether (sulfide) groups is 1. The van der Waals surface area contributed by atoms with Crippen molar-refractivity contribution in [1.29, 1.82) is 0 Å². The van der Waals surface area contributed by atoms with E-state index in [1.807, 2.05) is 17.5 Å². The number of nitrogens with zero attached hydrogens (tertiary/aromatic N) is 1. The van der Waals surface area contributed by atoms with E-state index in [1.165, 1.54) is 46.9 Å². The molecule has 1 fully saturated rings. The molecule has 1 aliphatic rings. The minimum absolute atomic E-state index is 0.0208. The van der Waals surface area contributed by atoms with Gasteiger partial charge in [-0.3, -0.25) is 19.3 Å². The van der Waals surface area contributed by atoms with Crippen LogP contribution in [0, 0.1) is 5.82 Å². The quantitative estimate of drug-likeness (QED) is 0.305. The van der Waals surface area contributed by atoms with Crippen molar-refractivity contribution in [1.82, 2.24) is 5.32 Å². The van der Waals surface area contributed by atoms with Gasteiger partial charge in [0.25, 0.3) is 0 Å². The third-order valence-electron chi connectivity index (χ3n) is 6.46. The fourth-order valence-corrected chi connectivity index (χ4v) is 6.06. The van der Waals surface area contributed by atoms with E-state index in [4.69, 9.17) is 4.74 Å². The van der Waals surface area contributed by atoms with Crippen LogP contribution >= 0.6 is 23.1 Å². The number of thiophene rings is 1. The van der Waals surface area contributed by atoms with Gasteiger partial charge in [-0.25, -0.2) is 4.39 Å². The van der Waals surface area contributed by atoms with Crippen molar-refractivity contribution < 1.29 is 23.5 Å². The first-order valence-corrected chi connectivity index (χ1v) is 14.9. The average Bonchev–Trinajstić information content (AvgIpc) is 3.48. The lowest BCUT2D eigenvalue weighted by molar-refractivity contribution is -0.126. The van der Waals surface area contributed by atoms with Gasteiger partial charge in [0.1, 0.15) is 17.6 Å². The van der Waals surface area contributed by atoms with Crippen LogP contribution in [0.5, 0.6) is 5.75 Å². The van der Waals surface area contributed by atoms with Crippen molar-refractivity contribution in [2.45, 2.75) is 44.2 Å². The molecule has 0 spiro atoms. The fraction of sp³-hybridized carbons (Fsp3) is 0.345. The van der Waals surface area contributed by atoms with Gasteiger partial charge in [0.05, 0.1) is 18.6 Å². The molecule has 0 unspecified atom stereocenters. The molecule has 7 nitrogen and oxygen atoms in total. The van der Waals surface area contributed by atoms with Crippen molar-refractivity contribution in [3.05, 3.63) is 76.7 Å². The molecule has 1 aliphatic carbocycles. The number of carbonyl (C=O) groups is 3. The predicted octanol–water partition coefficient (Wildman–Crippen LogP) is 5.79. The first-order chi connectivity index (χ1) is 18.9. The van der Waals surface area contributed by atoms with Gasteiger partial charge in [0, 0.05) is 28.4 Å². The molecule has 2 aromatic carbocycles. The summed E-state index contributed by atoms with van der Waals surface area (Å²) in [6, 6.07) is 15.5. The molecule has 0 aliphatic heterocycles. The van der Waals surface area contributed by atoms with E-state index in [9.17, 15) is 18.8 Å². The fourth-order valence-electron chi connectivity index (χ4n) is 4.58. The highest BCUT2D eigenvalue weighted by atomic mass is 32.2. The maximum absolute atomic E-state index is 13.8. The Balaban J connectivity index is 1.53. The second-order valence-corrected chi connectivity index (χ2v) is 11.2. The van der Waals surface area contributed by atoms with Crippen LogP contribution in [0.4, 0.5) is 15.8 Å². The topological polar surface area (TPSA) is 87.7 Å². The summed E-state index contributed by atoms with van der Waals surface area (Å²) >= 11 is 2.57. The van der Waals surface area contributed by atoms with E-state index in [0.29, 0.717) is 17.1 Å². The van der Waals surface area contributed by atoms with Gasteiger partial charge in [-0.05, 0) is 60.7 Å². The van der Waals surface area contributed by atoms with E-state index < -0.39 is 11.9 Å². The molecule has 10 heteroatoms. The number of nitrogens with one attached hydrogen (secondary N) is 2. The molecular formula is C29H32FN3O4S2. The lowest BCUT2D eigenvalue weighted by atomic mass is 9.95. The van der Waals surface area contributed by atoms with Crippen LogP contribution < -0.4 is 20.3 Å². The molecule has 39 heavy (non-hydrogen) atoms. The van der Waals surface area contributed by atoms with Crippen LogP contribution in [0.2, 0.25) is 0 Å². The standard InChI is InChI=1S/C29H32FN3O4S2/c1-37-24-10-5-9-23(17-24)33(27(35)19-38-18-26(34)31-22-14-12-20(30)13-15-22)28(25-11-6-16-39-25)29(36)32-21-7-3-2-4-8-21/h5-6,9-17,21,28H,2-4,7-8,18-19H2,1H3,(H,31,34)(H,32,36)/t28-/m1/s1. The highest BCUT2D eigenvalue weighted by molar-refractivity contribution is 8.00. The largest absolute Gasteiger partial charge is 0.497 e. The van der Waals surface area contributed by atoms with Gasteiger partial charge in [-0.15, -0.1) is 23.1 Å².